The van der Waals surface area contributed by atoms with Crippen molar-refractivity contribution in [3.8, 4) is 5.75 Å². The summed E-state index contributed by atoms with van der Waals surface area (Å²) in [6.07, 6.45) is 1.77. The summed E-state index contributed by atoms with van der Waals surface area (Å²) >= 11 is 0. The Balaban J connectivity index is 1.42. The second-order valence-corrected chi connectivity index (χ2v) is 6.75. The molecule has 0 unspecified atom stereocenters. The molecule has 0 amide bonds. The number of aromatic amines is 1. The molecular weight excluding hydrogens is 345 g/mol. The number of carbonyl (C=O) groups is 1. The SMILES string of the molecule is COc1ccc2[nH]cc(C(=O)CN3CCN(c4ccccc4F)CC3)c2c1. The number of anilines is 1. The number of fused-ring (bicyclic) bond motifs is 1. The van der Waals surface area contributed by atoms with Crippen LogP contribution in [0, 0.1) is 5.82 Å². The van der Waals surface area contributed by atoms with E-state index in [4.69, 9.17) is 4.74 Å². The van der Waals surface area contributed by atoms with Gasteiger partial charge in [0.25, 0.3) is 0 Å². The highest BCUT2D eigenvalue weighted by Gasteiger charge is 2.22. The number of nitrogens with zero attached hydrogens (tertiary/aromatic N) is 2. The molecule has 0 spiro atoms. The van der Waals surface area contributed by atoms with Crippen LogP contribution in [0.25, 0.3) is 10.9 Å². The van der Waals surface area contributed by atoms with Gasteiger partial charge in [0.2, 0.25) is 0 Å². The molecule has 1 aromatic heterocycles. The third-order valence-electron chi connectivity index (χ3n) is 5.12. The van der Waals surface area contributed by atoms with Gasteiger partial charge < -0.3 is 14.6 Å². The number of piperazine rings is 1. The van der Waals surface area contributed by atoms with Crippen LogP contribution in [0.15, 0.2) is 48.7 Å². The largest absolute Gasteiger partial charge is 0.497 e. The fraction of sp³-hybridized carbons (Fsp3) is 0.286. The first-order valence-electron chi connectivity index (χ1n) is 9.06. The molecule has 0 aliphatic carbocycles. The molecule has 5 nitrogen and oxygen atoms in total. The minimum absolute atomic E-state index is 0.0776. The summed E-state index contributed by atoms with van der Waals surface area (Å²) in [5, 5.41) is 0.879. The van der Waals surface area contributed by atoms with Crippen LogP contribution in [0.5, 0.6) is 5.75 Å². The first kappa shape index (κ1) is 17.5. The van der Waals surface area contributed by atoms with Crippen molar-refractivity contribution in [3.05, 3.63) is 60.0 Å². The number of Topliss-reactive ketones (excluding diaryl/α,β-unsaturated/α-hetero) is 1. The topological polar surface area (TPSA) is 48.6 Å². The Morgan fingerprint density at radius 3 is 2.67 bits per heavy atom. The van der Waals surface area contributed by atoms with Gasteiger partial charge in [0, 0.05) is 48.8 Å². The Hall–Kier alpha value is -2.86. The Morgan fingerprint density at radius 1 is 1.15 bits per heavy atom. The van der Waals surface area contributed by atoms with Gasteiger partial charge in [0.15, 0.2) is 5.78 Å². The van der Waals surface area contributed by atoms with Crippen LogP contribution in [0.2, 0.25) is 0 Å². The summed E-state index contributed by atoms with van der Waals surface area (Å²) in [6.45, 7) is 3.22. The Morgan fingerprint density at radius 2 is 1.93 bits per heavy atom. The van der Waals surface area contributed by atoms with Crippen LogP contribution in [-0.4, -0.2) is 55.5 Å². The van der Waals surface area contributed by atoms with E-state index in [1.165, 1.54) is 6.07 Å². The van der Waals surface area contributed by atoms with Crippen molar-refractivity contribution in [2.75, 3.05) is 44.7 Å². The highest BCUT2D eigenvalue weighted by molar-refractivity contribution is 6.09. The van der Waals surface area contributed by atoms with Crippen molar-refractivity contribution < 1.29 is 13.9 Å². The van der Waals surface area contributed by atoms with Gasteiger partial charge >= 0.3 is 0 Å². The van der Waals surface area contributed by atoms with E-state index in [2.05, 4.69) is 9.88 Å². The van der Waals surface area contributed by atoms with Crippen LogP contribution < -0.4 is 9.64 Å². The zero-order chi connectivity index (χ0) is 18.8. The molecule has 1 aliphatic heterocycles. The third-order valence-corrected chi connectivity index (χ3v) is 5.12. The number of benzene rings is 2. The number of halogens is 1. The molecule has 0 bridgehead atoms. The minimum Gasteiger partial charge on any atom is -0.497 e. The third kappa shape index (κ3) is 3.53. The van der Waals surface area contributed by atoms with Crippen LogP contribution in [0.4, 0.5) is 10.1 Å². The highest BCUT2D eigenvalue weighted by atomic mass is 19.1. The molecule has 2 heterocycles. The fourth-order valence-electron chi connectivity index (χ4n) is 3.60. The summed E-state index contributed by atoms with van der Waals surface area (Å²) in [5.74, 6) is 0.610. The van der Waals surface area contributed by atoms with E-state index >= 15 is 0 Å². The molecule has 4 rings (SSSR count). The molecule has 1 saturated heterocycles. The quantitative estimate of drug-likeness (QED) is 0.703. The van der Waals surface area contributed by atoms with Crippen molar-refractivity contribution in [3.63, 3.8) is 0 Å². The smallest absolute Gasteiger partial charge is 0.178 e. The fourth-order valence-corrected chi connectivity index (χ4v) is 3.60. The van der Waals surface area contributed by atoms with Gasteiger partial charge in [0.1, 0.15) is 11.6 Å². The molecule has 0 saturated carbocycles. The van der Waals surface area contributed by atoms with Crippen LogP contribution in [0.1, 0.15) is 10.4 Å². The van der Waals surface area contributed by atoms with Gasteiger partial charge in [-0.05, 0) is 30.3 Å². The number of carbonyl (C=O) groups excluding carboxylic acids is 1. The number of ketones is 1. The molecule has 0 radical (unpaired) electrons. The summed E-state index contributed by atoms with van der Waals surface area (Å²) in [5.41, 5.74) is 2.23. The number of rotatable bonds is 5. The minimum atomic E-state index is -0.199. The maximum absolute atomic E-state index is 14.0. The van der Waals surface area contributed by atoms with E-state index in [1.54, 1.807) is 25.4 Å². The van der Waals surface area contributed by atoms with E-state index in [0.29, 0.717) is 30.9 Å². The predicted molar refractivity (Wildman–Crippen MR) is 104 cm³/mol. The lowest BCUT2D eigenvalue weighted by atomic mass is 10.1. The molecule has 140 valence electrons. The molecule has 1 fully saturated rings. The molecule has 27 heavy (non-hydrogen) atoms. The number of aromatic nitrogens is 1. The van der Waals surface area contributed by atoms with E-state index in [-0.39, 0.29) is 11.6 Å². The number of methoxy groups -OCH3 is 1. The average Bonchev–Trinajstić information content (AvgIpc) is 3.12. The van der Waals surface area contributed by atoms with Gasteiger partial charge in [-0.15, -0.1) is 0 Å². The van der Waals surface area contributed by atoms with Crippen LogP contribution in [0.3, 0.4) is 0 Å². The van der Waals surface area contributed by atoms with Crippen molar-refractivity contribution in [2.24, 2.45) is 0 Å². The monoisotopic (exact) mass is 367 g/mol. The molecule has 1 aliphatic rings. The lowest BCUT2D eigenvalue weighted by molar-refractivity contribution is 0.0928. The van der Waals surface area contributed by atoms with E-state index < -0.39 is 0 Å². The van der Waals surface area contributed by atoms with Gasteiger partial charge in [-0.25, -0.2) is 4.39 Å². The number of hydrogen-bond acceptors (Lipinski definition) is 4. The number of ether oxygens (including phenoxy) is 1. The molecule has 2 aromatic carbocycles. The molecule has 6 heteroatoms. The molecule has 3 aromatic rings. The van der Waals surface area contributed by atoms with Crippen molar-refractivity contribution >= 4 is 22.4 Å². The van der Waals surface area contributed by atoms with Gasteiger partial charge in [-0.1, -0.05) is 12.1 Å². The predicted octanol–water partition coefficient (Wildman–Crippen LogP) is 3.32. The number of hydrogen-bond donors (Lipinski definition) is 1. The Labute approximate surface area is 157 Å². The summed E-state index contributed by atoms with van der Waals surface area (Å²) < 4.78 is 19.2. The summed E-state index contributed by atoms with van der Waals surface area (Å²) in [4.78, 5) is 20.1. The second kappa shape index (κ2) is 7.40. The zero-order valence-electron chi connectivity index (χ0n) is 15.2. The maximum atomic E-state index is 14.0. The molecular formula is C21H22FN3O2. The van der Waals surface area contributed by atoms with E-state index in [9.17, 15) is 9.18 Å². The molecule has 0 atom stereocenters. The Bertz CT molecular complexity index is 961. The first-order chi connectivity index (χ1) is 13.2. The highest BCUT2D eigenvalue weighted by Crippen LogP contribution is 2.25. The van der Waals surface area contributed by atoms with E-state index in [1.807, 2.05) is 29.2 Å². The van der Waals surface area contributed by atoms with Crippen molar-refractivity contribution in [1.82, 2.24) is 9.88 Å². The molecule has 1 N–H and O–H groups in total. The number of para-hydroxylation sites is 1. The number of nitrogens with one attached hydrogen (secondary N) is 1. The van der Waals surface area contributed by atoms with Crippen molar-refractivity contribution in [1.29, 1.82) is 0 Å². The second-order valence-electron chi connectivity index (χ2n) is 6.75. The van der Waals surface area contributed by atoms with Crippen LogP contribution >= 0.6 is 0 Å². The van der Waals surface area contributed by atoms with Crippen molar-refractivity contribution in [2.45, 2.75) is 0 Å². The standard InChI is InChI=1S/C21H22FN3O2/c1-27-15-6-7-19-16(12-15)17(13-23-19)21(26)14-24-8-10-25(11-9-24)20-5-3-2-4-18(20)22/h2-7,12-13,23H,8-11,14H2,1H3. The lowest BCUT2D eigenvalue weighted by Crippen LogP contribution is -2.48. The first-order valence-corrected chi connectivity index (χ1v) is 9.06. The zero-order valence-corrected chi connectivity index (χ0v) is 15.2. The van der Waals surface area contributed by atoms with Gasteiger partial charge in [0.05, 0.1) is 19.3 Å². The Kier molecular flexibility index (Phi) is 4.81. The van der Waals surface area contributed by atoms with Gasteiger partial charge in [-0.3, -0.25) is 9.69 Å². The van der Waals surface area contributed by atoms with E-state index in [0.717, 1.165) is 29.7 Å². The average molecular weight is 367 g/mol. The van der Waals surface area contributed by atoms with Crippen LogP contribution in [-0.2, 0) is 0 Å². The van der Waals surface area contributed by atoms with Gasteiger partial charge in [-0.2, -0.15) is 0 Å². The summed E-state index contributed by atoms with van der Waals surface area (Å²) in [7, 11) is 1.62. The maximum Gasteiger partial charge on any atom is 0.178 e. The normalized spacial score (nSPS) is 15.3. The summed E-state index contributed by atoms with van der Waals surface area (Å²) in [6, 6.07) is 12.5. The number of H-pyrrole nitrogens is 1. The lowest BCUT2D eigenvalue weighted by Gasteiger charge is -2.35.